The minimum Gasteiger partial charge on any atom is -0.366 e. The van der Waals surface area contributed by atoms with E-state index in [0.717, 1.165) is 12.8 Å². The first kappa shape index (κ1) is 15.7. The molecule has 0 unspecified atom stereocenters. The topological polar surface area (TPSA) is 101 Å². The SMILES string of the molecule is NC(=O)c1ccc(NC(=O)c2cccc(NC(=O)C3CC3)c2)cc1. The van der Waals surface area contributed by atoms with Gasteiger partial charge in [0, 0.05) is 28.4 Å². The quantitative estimate of drug-likeness (QED) is 0.787. The first-order chi connectivity index (χ1) is 11.5. The van der Waals surface area contributed by atoms with Gasteiger partial charge in [0.2, 0.25) is 11.8 Å². The normalized spacial score (nSPS) is 13.2. The van der Waals surface area contributed by atoms with Crippen LogP contribution < -0.4 is 16.4 Å². The van der Waals surface area contributed by atoms with Crippen LogP contribution >= 0.6 is 0 Å². The molecule has 0 bridgehead atoms. The maximum atomic E-state index is 12.3. The van der Waals surface area contributed by atoms with Gasteiger partial charge in [-0.1, -0.05) is 6.07 Å². The third kappa shape index (κ3) is 3.78. The summed E-state index contributed by atoms with van der Waals surface area (Å²) in [7, 11) is 0. The highest BCUT2D eigenvalue weighted by molar-refractivity contribution is 6.05. The van der Waals surface area contributed by atoms with Gasteiger partial charge in [-0.25, -0.2) is 0 Å². The molecule has 0 radical (unpaired) electrons. The molecule has 2 aromatic rings. The molecule has 0 saturated heterocycles. The third-order valence-electron chi connectivity index (χ3n) is 3.77. The molecule has 0 heterocycles. The van der Waals surface area contributed by atoms with Crippen molar-refractivity contribution in [3.8, 4) is 0 Å². The molecule has 1 saturated carbocycles. The predicted octanol–water partition coefficient (Wildman–Crippen LogP) is 2.39. The van der Waals surface area contributed by atoms with Crippen LogP contribution in [0.5, 0.6) is 0 Å². The van der Waals surface area contributed by atoms with Gasteiger partial charge in [-0.2, -0.15) is 0 Å². The van der Waals surface area contributed by atoms with Gasteiger partial charge in [-0.3, -0.25) is 14.4 Å². The highest BCUT2D eigenvalue weighted by Gasteiger charge is 2.29. The molecular weight excluding hydrogens is 306 g/mol. The van der Waals surface area contributed by atoms with E-state index in [1.807, 2.05) is 0 Å². The summed E-state index contributed by atoms with van der Waals surface area (Å²) in [6.45, 7) is 0. The Morgan fingerprint density at radius 1 is 0.875 bits per heavy atom. The van der Waals surface area contributed by atoms with Crippen molar-refractivity contribution in [2.45, 2.75) is 12.8 Å². The molecule has 1 fully saturated rings. The first-order valence-corrected chi connectivity index (χ1v) is 7.65. The van der Waals surface area contributed by atoms with Crippen LogP contribution in [0.25, 0.3) is 0 Å². The lowest BCUT2D eigenvalue weighted by atomic mass is 10.1. The van der Waals surface area contributed by atoms with Crippen molar-refractivity contribution in [2.24, 2.45) is 11.7 Å². The van der Waals surface area contributed by atoms with E-state index in [2.05, 4.69) is 10.6 Å². The largest absolute Gasteiger partial charge is 0.366 e. The van der Waals surface area contributed by atoms with Crippen LogP contribution in [0.15, 0.2) is 48.5 Å². The van der Waals surface area contributed by atoms with Crippen LogP contribution in [0.4, 0.5) is 11.4 Å². The van der Waals surface area contributed by atoms with Crippen molar-refractivity contribution in [2.75, 3.05) is 10.6 Å². The van der Waals surface area contributed by atoms with Crippen LogP contribution in [-0.4, -0.2) is 17.7 Å². The zero-order chi connectivity index (χ0) is 17.1. The molecule has 3 rings (SSSR count). The predicted molar refractivity (Wildman–Crippen MR) is 90.7 cm³/mol. The van der Waals surface area contributed by atoms with Gasteiger partial charge >= 0.3 is 0 Å². The minimum atomic E-state index is -0.521. The molecule has 6 heteroatoms. The summed E-state index contributed by atoms with van der Waals surface area (Å²) < 4.78 is 0. The number of rotatable bonds is 5. The lowest BCUT2D eigenvalue weighted by Crippen LogP contribution is -2.15. The van der Waals surface area contributed by atoms with Crippen LogP contribution in [0, 0.1) is 5.92 Å². The molecule has 4 N–H and O–H groups in total. The molecule has 2 aromatic carbocycles. The molecule has 1 aliphatic rings. The molecule has 0 aliphatic heterocycles. The average molecular weight is 323 g/mol. The Balaban J connectivity index is 1.67. The van der Waals surface area contributed by atoms with Crippen molar-refractivity contribution in [1.29, 1.82) is 0 Å². The smallest absolute Gasteiger partial charge is 0.255 e. The zero-order valence-corrected chi connectivity index (χ0v) is 12.9. The van der Waals surface area contributed by atoms with E-state index in [1.165, 1.54) is 0 Å². The van der Waals surface area contributed by atoms with E-state index < -0.39 is 5.91 Å². The molecule has 24 heavy (non-hydrogen) atoms. The second-order valence-corrected chi connectivity index (χ2v) is 5.74. The second-order valence-electron chi connectivity index (χ2n) is 5.74. The number of nitrogens with two attached hydrogens (primary N) is 1. The summed E-state index contributed by atoms with van der Waals surface area (Å²) in [6.07, 6.45) is 1.85. The number of primary amides is 1. The number of amides is 3. The van der Waals surface area contributed by atoms with Gasteiger partial charge in [0.25, 0.3) is 5.91 Å². The fourth-order valence-corrected chi connectivity index (χ4v) is 2.25. The maximum absolute atomic E-state index is 12.3. The fraction of sp³-hybridized carbons (Fsp3) is 0.167. The summed E-state index contributed by atoms with van der Waals surface area (Å²) in [5.41, 5.74) is 7.14. The Bertz CT molecular complexity index is 795. The molecule has 0 spiro atoms. The molecule has 6 nitrogen and oxygen atoms in total. The number of nitrogens with one attached hydrogen (secondary N) is 2. The van der Waals surface area contributed by atoms with Crippen molar-refractivity contribution < 1.29 is 14.4 Å². The summed E-state index contributed by atoms with van der Waals surface area (Å²) >= 11 is 0. The Labute approximate surface area is 139 Å². The molecule has 1 aliphatic carbocycles. The van der Waals surface area contributed by atoms with Gasteiger partial charge < -0.3 is 16.4 Å². The zero-order valence-electron chi connectivity index (χ0n) is 12.9. The van der Waals surface area contributed by atoms with Gasteiger partial charge in [-0.15, -0.1) is 0 Å². The minimum absolute atomic E-state index is 0.00500. The Morgan fingerprint density at radius 2 is 1.58 bits per heavy atom. The summed E-state index contributed by atoms with van der Waals surface area (Å²) in [4.78, 5) is 35.1. The molecule has 0 atom stereocenters. The summed E-state index contributed by atoms with van der Waals surface area (Å²) in [5, 5.41) is 5.55. The Hall–Kier alpha value is -3.15. The van der Waals surface area contributed by atoms with Crippen LogP contribution in [0.2, 0.25) is 0 Å². The van der Waals surface area contributed by atoms with Crippen LogP contribution in [0.3, 0.4) is 0 Å². The van der Waals surface area contributed by atoms with Crippen molar-refractivity contribution in [3.05, 3.63) is 59.7 Å². The number of anilines is 2. The van der Waals surface area contributed by atoms with Gasteiger partial charge in [0.05, 0.1) is 0 Å². The van der Waals surface area contributed by atoms with Gasteiger partial charge in [-0.05, 0) is 55.3 Å². The van der Waals surface area contributed by atoms with E-state index in [1.54, 1.807) is 48.5 Å². The average Bonchev–Trinajstić information content (AvgIpc) is 3.40. The highest BCUT2D eigenvalue weighted by Crippen LogP contribution is 2.30. The monoisotopic (exact) mass is 323 g/mol. The van der Waals surface area contributed by atoms with Gasteiger partial charge in [0.1, 0.15) is 0 Å². The Kier molecular flexibility index (Phi) is 4.29. The maximum Gasteiger partial charge on any atom is 0.255 e. The molecular formula is C18H17N3O3. The first-order valence-electron chi connectivity index (χ1n) is 7.65. The van der Waals surface area contributed by atoms with Crippen molar-refractivity contribution in [3.63, 3.8) is 0 Å². The summed E-state index contributed by atoms with van der Waals surface area (Å²) in [6, 6.07) is 13.1. The number of carbonyl (C=O) groups excluding carboxylic acids is 3. The fourth-order valence-electron chi connectivity index (χ4n) is 2.25. The highest BCUT2D eigenvalue weighted by atomic mass is 16.2. The number of benzene rings is 2. The second kappa shape index (κ2) is 6.54. The van der Waals surface area contributed by atoms with E-state index in [0.29, 0.717) is 22.5 Å². The molecule has 3 amide bonds. The number of carbonyl (C=O) groups is 3. The van der Waals surface area contributed by atoms with E-state index in [4.69, 9.17) is 5.73 Å². The lowest BCUT2D eigenvalue weighted by Gasteiger charge is -2.08. The molecule has 0 aromatic heterocycles. The van der Waals surface area contributed by atoms with Crippen molar-refractivity contribution in [1.82, 2.24) is 0 Å². The summed E-state index contributed by atoms with van der Waals surface area (Å²) in [5.74, 6) is -0.725. The van der Waals surface area contributed by atoms with E-state index >= 15 is 0 Å². The number of hydrogen-bond acceptors (Lipinski definition) is 3. The van der Waals surface area contributed by atoms with Crippen LogP contribution in [0.1, 0.15) is 33.6 Å². The van der Waals surface area contributed by atoms with E-state index in [9.17, 15) is 14.4 Å². The lowest BCUT2D eigenvalue weighted by molar-refractivity contribution is -0.117. The van der Waals surface area contributed by atoms with Gasteiger partial charge in [0.15, 0.2) is 0 Å². The Morgan fingerprint density at radius 3 is 2.21 bits per heavy atom. The van der Waals surface area contributed by atoms with Crippen molar-refractivity contribution >= 4 is 29.1 Å². The molecule has 122 valence electrons. The van der Waals surface area contributed by atoms with E-state index in [-0.39, 0.29) is 17.7 Å². The van der Waals surface area contributed by atoms with Crippen LogP contribution in [-0.2, 0) is 4.79 Å². The standard InChI is InChI=1S/C18H17N3O3/c19-16(22)11-6-8-14(9-7-11)20-18(24)13-2-1-3-15(10-13)21-17(23)12-4-5-12/h1-3,6-10,12H,4-5H2,(H2,19,22)(H,20,24)(H,21,23). The number of hydrogen-bond donors (Lipinski definition) is 3. The third-order valence-corrected chi connectivity index (χ3v) is 3.77.